The van der Waals surface area contributed by atoms with Gasteiger partial charge in [-0.2, -0.15) is 0 Å². The lowest BCUT2D eigenvalue weighted by atomic mass is 10.2. The molecule has 0 aromatic heterocycles. The van der Waals surface area contributed by atoms with Crippen molar-refractivity contribution in [2.24, 2.45) is 0 Å². The Bertz CT molecular complexity index is 789. The van der Waals surface area contributed by atoms with Crippen LogP contribution in [0.25, 0.3) is 0 Å². The van der Waals surface area contributed by atoms with E-state index < -0.39 is 0 Å². The Balaban J connectivity index is 1.45. The zero-order valence-electron chi connectivity index (χ0n) is 13.7. The Morgan fingerprint density at radius 3 is 2.08 bits per heavy atom. The number of carbonyl (C=O) groups excluding carboxylic acids is 1. The van der Waals surface area contributed by atoms with Gasteiger partial charge in [-0.05, 0) is 42.0 Å². The molecule has 0 spiro atoms. The van der Waals surface area contributed by atoms with Crippen LogP contribution in [0.5, 0.6) is 11.5 Å². The van der Waals surface area contributed by atoms with Crippen molar-refractivity contribution in [3.63, 3.8) is 0 Å². The molecule has 0 atom stereocenters. The largest absolute Gasteiger partial charge is 0.457 e. The maximum atomic E-state index is 12.0. The zero-order valence-corrected chi connectivity index (χ0v) is 14.5. The summed E-state index contributed by atoms with van der Waals surface area (Å²) in [6.45, 7) is 0. The minimum Gasteiger partial charge on any atom is -0.457 e. The molecule has 3 nitrogen and oxygen atoms in total. The van der Waals surface area contributed by atoms with Gasteiger partial charge in [-0.15, -0.1) is 11.8 Å². The summed E-state index contributed by atoms with van der Waals surface area (Å²) in [5.41, 5.74) is 1.99. The highest BCUT2D eigenvalue weighted by Crippen LogP contribution is 2.22. The van der Waals surface area contributed by atoms with E-state index in [-0.39, 0.29) is 5.91 Å². The van der Waals surface area contributed by atoms with Crippen LogP contribution in [0.3, 0.4) is 0 Å². The summed E-state index contributed by atoms with van der Waals surface area (Å²) < 4.78 is 5.74. The number of para-hydroxylation sites is 1. The van der Waals surface area contributed by atoms with Crippen LogP contribution in [0.1, 0.15) is 5.56 Å². The molecule has 0 radical (unpaired) electrons. The summed E-state index contributed by atoms with van der Waals surface area (Å²) >= 11 is 1.60. The number of nitrogens with one attached hydrogen (secondary N) is 1. The number of hydrogen-bond donors (Lipinski definition) is 1. The average molecular weight is 349 g/mol. The van der Waals surface area contributed by atoms with E-state index in [0.29, 0.717) is 5.75 Å². The third-order valence-electron chi connectivity index (χ3n) is 3.46. The Morgan fingerprint density at radius 1 is 0.800 bits per heavy atom. The standard InChI is InChI=1S/C21H19NO2S/c23-21(16-25-15-17-7-3-1-4-8-17)22-18-11-13-20(14-12-18)24-19-9-5-2-6-10-19/h1-14H,15-16H2,(H,22,23). The number of thioether (sulfide) groups is 1. The second-order valence-corrected chi connectivity index (χ2v) is 6.45. The molecule has 1 N–H and O–H groups in total. The van der Waals surface area contributed by atoms with E-state index in [1.54, 1.807) is 11.8 Å². The highest BCUT2D eigenvalue weighted by atomic mass is 32.2. The minimum absolute atomic E-state index is 0.00217. The van der Waals surface area contributed by atoms with Crippen molar-refractivity contribution >= 4 is 23.4 Å². The summed E-state index contributed by atoms with van der Waals surface area (Å²) in [7, 11) is 0. The third kappa shape index (κ3) is 5.69. The molecule has 0 bridgehead atoms. The van der Waals surface area contributed by atoms with Crippen LogP contribution in [-0.4, -0.2) is 11.7 Å². The van der Waals surface area contributed by atoms with Gasteiger partial charge in [0, 0.05) is 11.4 Å². The van der Waals surface area contributed by atoms with E-state index in [0.717, 1.165) is 22.9 Å². The van der Waals surface area contributed by atoms with Gasteiger partial charge in [0.05, 0.1) is 5.75 Å². The SMILES string of the molecule is O=C(CSCc1ccccc1)Nc1ccc(Oc2ccccc2)cc1. The summed E-state index contributed by atoms with van der Waals surface area (Å²) in [5, 5.41) is 2.90. The second-order valence-electron chi connectivity index (χ2n) is 5.47. The molecule has 0 aliphatic heterocycles. The minimum atomic E-state index is -0.00217. The molecule has 3 rings (SSSR count). The maximum Gasteiger partial charge on any atom is 0.234 e. The molecule has 0 saturated heterocycles. The molecule has 0 unspecified atom stereocenters. The monoisotopic (exact) mass is 349 g/mol. The van der Waals surface area contributed by atoms with Gasteiger partial charge in [-0.1, -0.05) is 48.5 Å². The molecule has 126 valence electrons. The van der Waals surface area contributed by atoms with Crippen LogP contribution in [0.4, 0.5) is 5.69 Å². The van der Waals surface area contributed by atoms with Crippen molar-refractivity contribution in [1.29, 1.82) is 0 Å². The van der Waals surface area contributed by atoms with E-state index in [9.17, 15) is 4.79 Å². The van der Waals surface area contributed by atoms with Crippen molar-refractivity contribution in [3.8, 4) is 11.5 Å². The molecule has 0 aliphatic rings. The zero-order chi connectivity index (χ0) is 17.3. The van der Waals surface area contributed by atoms with Gasteiger partial charge in [0.2, 0.25) is 5.91 Å². The first-order chi connectivity index (χ1) is 12.3. The van der Waals surface area contributed by atoms with E-state index in [4.69, 9.17) is 4.74 Å². The maximum absolute atomic E-state index is 12.0. The van der Waals surface area contributed by atoms with E-state index in [1.165, 1.54) is 5.56 Å². The van der Waals surface area contributed by atoms with Gasteiger partial charge in [0.1, 0.15) is 11.5 Å². The summed E-state index contributed by atoms with van der Waals surface area (Å²) in [4.78, 5) is 12.0. The van der Waals surface area contributed by atoms with Crippen molar-refractivity contribution in [1.82, 2.24) is 0 Å². The number of rotatable bonds is 7. The Labute approximate surface area is 152 Å². The molecule has 1 amide bonds. The molecular weight excluding hydrogens is 330 g/mol. The van der Waals surface area contributed by atoms with Gasteiger partial charge in [0.25, 0.3) is 0 Å². The normalized spacial score (nSPS) is 10.2. The topological polar surface area (TPSA) is 38.3 Å². The lowest BCUT2D eigenvalue weighted by Gasteiger charge is -2.08. The number of carbonyl (C=O) groups is 1. The predicted octanol–water partition coefficient (Wildman–Crippen LogP) is 5.35. The number of benzene rings is 3. The van der Waals surface area contributed by atoms with Crippen LogP contribution < -0.4 is 10.1 Å². The molecular formula is C21H19NO2S. The van der Waals surface area contributed by atoms with Gasteiger partial charge < -0.3 is 10.1 Å². The summed E-state index contributed by atoms with van der Waals surface area (Å²) in [6, 6.07) is 27.1. The summed E-state index contributed by atoms with van der Waals surface area (Å²) in [5.74, 6) is 2.78. The van der Waals surface area contributed by atoms with Crippen molar-refractivity contribution in [2.75, 3.05) is 11.1 Å². The molecule has 0 heterocycles. The molecule has 25 heavy (non-hydrogen) atoms. The van der Waals surface area contributed by atoms with E-state index in [1.807, 2.05) is 72.8 Å². The van der Waals surface area contributed by atoms with Crippen LogP contribution >= 0.6 is 11.8 Å². The van der Waals surface area contributed by atoms with Crippen molar-refractivity contribution in [2.45, 2.75) is 5.75 Å². The average Bonchev–Trinajstić information content (AvgIpc) is 2.65. The molecule has 0 aliphatic carbocycles. The number of anilines is 1. The fourth-order valence-electron chi connectivity index (χ4n) is 2.26. The predicted molar refractivity (Wildman–Crippen MR) is 104 cm³/mol. The van der Waals surface area contributed by atoms with Gasteiger partial charge in [-0.25, -0.2) is 0 Å². The first-order valence-corrected chi connectivity index (χ1v) is 9.19. The van der Waals surface area contributed by atoms with Crippen molar-refractivity contribution in [3.05, 3.63) is 90.5 Å². The first-order valence-electron chi connectivity index (χ1n) is 8.04. The Morgan fingerprint density at radius 2 is 1.40 bits per heavy atom. The van der Waals surface area contributed by atoms with Crippen LogP contribution in [0, 0.1) is 0 Å². The number of ether oxygens (including phenoxy) is 1. The van der Waals surface area contributed by atoms with Crippen molar-refractivity contribution < 1.29 is 9.53 Å². The smallest absolute Gasteiger partial charge is 0.234 e. The second kappa shape index (κ2) is 8.94. The summed E-state index contributed by atoms with van der Waals surface area (Å²) in [6.07, 6.45) is 0. The van der Waals surface area contributed by atoms with Gasteiger partial charge >= 0.3 is 0 Å². The van der Waals surface area contributed by atoms with Gasteiger partial charge in [-0.3, -0.25) is 4.79 Å². The number of amides is 1. The van der Waals surface area contributed by atoms with Gasteiger partial charge in [0.15, 0.2) is 0 Å². The third-order valence-corrected chi connectivity index (χ3v) is 4.47. The van der Waals surface area contributed by atoms with E-state index in [2.05, 4.69) is 17.4 Å². The lowest BCUT2D eigenvalue weighted by molar-refractivity contribution is -0.113. The molecule has 3 aromatic rings. The quantitative estimate of drug-likeness (QED) is 0.625. The van der Waals surface area contributed by atoms with Crippen LogP contribution in [0.15, 0.2) is 84.9 Å². The fourth-order valence-corrected chi connectivity index (χ4v) is 3.05. The lowest BCUT2D eigenvalue weighted by Crippen LogP contribution is -2.14. The molecule has 0 fully saturated rings. The van der Waals surface area contributed by atoms with E-state index >= 15 is 0 Å². The first kappa shape index (κ1) is 17.1. The highest BCUT2D eigenvalue weighted by molar-refractivity contribution is 7.99. The fraction of sp³-hybridized carbons (Fsp3) is 0.0952. The van der Waals surface area contributed by atoms with Crippen LogP contribution in [-0.2, 0) is 10.5 Å². The molecule has 0 saturated carbocycles. The Kier molecular flexibility index (Phi) is 6.12. The molecule has 4 heteroatoms. The molecule has 3 aromatic carbocycles. The Hall–Kier alpha value is -2.72. The van der Waals surface area contributed by atoms with Crippen LogP contribution in [0.2, 0.25) is 0 Å². The highest BCUT2D eigenvalue weighted by Gasteiger charge is 2.04. The number of hydrogen-bond acceptors (Lipinski definition) is 3.